The molecule has 4 rings (SSSR count). The Kier molecular flexibility index (Phi) is 4.78. The molecule has 0 radical (unpaired) electrons. The lowest BCUT2D eigenvalue weighted by atomic mass is 10.2. The van der Waals surface area contributed by atoms with Gasteiger partial charge >= 0.3 is 6.01 Å². The van der Waals surface area contributed by atoms with Crippen LogP contribution >= 0.6 is 0 Å². The molecule has 0 atom stereocenters. The molecule has 0 bridgehead atoms. The van der Waals surface area contributed by atoms with Crippen molar-refractivity contribution in [2.75, 3.05) is 5.32 Å². The minimum Gasteiger partial charge on any atom is -0.451 e. The number of para-hydroxylation sites is 2. The number of rotatable bonds is 4. The number of aryl methyl sites for hydroxylation is 2. The van der Waals surface area contributed by atoms with E-state index in [1.54, 1.807) is 50.2 Å². The molecule has 2 heterocycles. The van der Waals surface area contributed by atoms with E-state index in [-0.39, 0.29) is 17.2 Å². The summed E-state index contributed by atoms with van der Waals surface area (Å²) in [4.78, 5) is 33.5. The van der Waals surface area contributed by atoms with Gasteiger partial charge in [0.25, 0.3) is 5.91 Å². The molecule has 0 aliphatic carbocycles. The zero-order valence-corrected chi connectivity index (χ0v) is 15.8. The van der Waals surface area contributed by atoms with Crippen LogP contribution in [0.1, 0.15) is 21.9 Å². The third-order valence-corrected chi connectivity index (χ3v) is 4.30. The lowest BCUT2D eigenvalue weighted by molar-refractivity contribution is 0.0997. The first-order valence-electron chi connectivity index (χ1n) is 8.93. The molecule has 2 aromatic carbocycles. The van der Waals surface area contributed by atoms with Crippen LogP contribution in [0.5, 0.6) is 11.8 Å². The van der Waals surface area contributed by atoms with Gasteiger partial charge in [0.2, 0.25) is 0 Å². The highest BCUT2D eigenvalue weighted by molar-refractivity contribution is 6.03. The molecule has 4 aromatic rings. The third kappa shape index (κ3) is 3.84. The SMILES string of the molecule is Cc1nc(Oc2ccccc2)nc(C)c1NC(=O)c1cc(=O)c2ccccc2o1. The quantitative estimate of drug-likeness (QED) is 0.563. The van der Waals surface area contributed by atoms with E-state index < -0.39 is 5.91 Å². The summed E-state index contributed by atoms with van der Waals surface area (Å²) in [7, 11) is 0. The number of benzene rings is 2. The van der Waals surface area contributed by atoms with Gasteiger partial charge in [-0.15, -0.1) is 0 Å². The zero-order chi connectivity index (χ0) is 20.4. The van der Waals surface area contributed by atoms with Crippen LogP contribution in [0.4, 0.5) is 5.69 Å². The predicted octanol–water partition coefficient (Wildman–Crippen LogP) is 4.24. The molecular formula is C22H17N3O4. The number of anilines is 1. The summed E-state index contributed by atoms with van der Waals surface area (Å²) in [6.07, 6.45) is 0. The summed E-state index contributed by atoms with van der Waals surface area (Å²) < 4.78 is 11.2. The van der Waals surface area contributed by atoms with E-state index in [2.05, 4.69) is 15.3 Å². The van der Waals surface area contributed by atoms with Gasteiger partial charge in [-0.25, -0.2) is 0 Å². The van der Waals surface area contributed by atoms with Crippen molar-refractivity contribution in [2.24, 2.45) is 0 Å². The smallest absolute Gasteiger partial charge is 0.322 e. The Morgan fingerprint density at radius 1 is 0.966 bits per heavy atom. The zero-order valence-electron chi connectivity index (χ0n) is 15.8. The van der Waals surface area contributed by atoms with Crippen molar-refractivity contribution in [3.8, 4) is 11.8 Å². The van der Waals surface area contributed by atoms with E-state index in [0.29, 0.717) is 33.8 Å². The molecule has 0 aliphatic heterocycles. The third-order valence-electron chi connectivity index (χ3n) is 4.30. The standard InChI is InChI=1S/C22H17N3O4/c1-13-20(14(2)24-22(23-13)28-15-8-4-3-5-9-15)25-21(27)19-12-17(26)16-10-6-7-11-18(16)29-19/h3-12H,1-2H3,(H,25,27). The van der Waals surface area contributed by atoms with Crippen LogP contribution < -0.4 is 15.5 Å². The summed E-state index contributed by atoms with van der Waals surface area (Å²) in [5.74, 6) is -0.0301. The Labute approximate surface area is 166 Å². The topological polar surface area (TPSA) is 94.3 Å². The number of amides is 1. The molecule has 7 heteroatoms. The number of nitrogens with one attached hydrogen (secondary N) is 1. The first-order valence-corrected chi connectivity index (χ1v) is 8.93. The maximum Gasteiger partial charge on any atom is 0.322 e. The first kappa shape index (κ1) is 18.4. The van der Waals surface area contributed by atoms with Gasteiger partial charge in [-0.2, -0.15) is 9.97 Å². The molecule has 0 aliphatic rings. The van der Waals surface area contributed by atoms with Crippen LogP contribution in [0.2, 0.25) is 0 Å². The second-order valence-electron chi connectivity index (χ2n) is 6.39. The number of hydrogen-bond acceptors (Lipinski definition) is 6. The largest absolute Gasteiger partial charge is 0.451 e. The molecule has 0 spiro atoms. The Morgan fingerprint density at radius 3 is 2.34 bits per heavy atom. The predicted molar refractivity (Wildman–Crippen MR) is 108 cm³/mol. The Morgan fingerprint density at radius 2 is 1.62 bits per heavy atom. The molecule has 7 nitrogen and oxygen atoms in total. The Hall–Kier alpha value is -4.00. The maximum absolute atomic E-state index is 12.7. The van der Waals surface area contributed by atoms with Crippen LogP contribution in [0, 0.1) is 13.8 Å². The van der Waals surface area contributed by atoms with Crippen molar-refractivity contribution in [2.45, 2.75) is 13.8 Å². The van der Waals surface area contributed by atoms with Gasteiger partial charge in [0.15, 0.2) is 11.2 Å². The van der Waals surface area contributed by atoms with Crippen molar-refractivity contribution < 1.29 is 13.9 Å². The maximum atomic E-state index is 12.7. The first-order chi connectivity index (χ1) is 14.0. The summed E-state index contributed by atoms with van der Waals surface area (Å²) in [5, 5.41) is 3.14. The van der Waals surface area contributed by atoms with Crippen molar-refractivity contribution in [1.82, 2.24) is 9.97 Å². The van der Waals surface area contributed by atoms with Crippen molar-refractivity contribution >= 4 is 22.6 Å². The highest BCUT2D eigenvalue weighted by Crippen LogP contribution is 2.24. The number of carbonyl (C=O) groups is 1. The molecule has 144 valence electrons. The lowest BCUT2D eigenvalue weighted by Crippen LogP contribution is -2.17. The van der Waals surface area contributed by atoms with Crippen LogP contribution in [0.3, 0.4) is 0 Å². The van der Waals surface area contributed by atoms with Gasteiger partial charge in [-0.1, -0.05) is 30.3 Å². The molecule has 1 N–H and O–H groups in total. The minimum absolute atomic E-state index is 0.0860. The van der Waals surface area contributed by atoms with Crippen LogP contribution in [0.25, 0.3) is 11.0 Å². The molecule has 1 amide bonds. The summed E-state index contributed by atoms with van der Waals surface area (Å²) in [6, 6.07) is 17.3. The van der Waals surface area contributed by atoms with E-state index >= 15 is 0 Å². The average Bonchev–Trinajstić information content (AvgIpc) is 2.71. The molecule has 0 saturated carbocycles. The normalized spacial score (nSPS) is 10.7. The minimum atomic E-state index is -0.556. The van der Waals surface area contributed by atoms with Crippen LogP contribution in [0.15, 0.2) is 69.9 Å². The highest BCUT2D eigenvalue weighted by Gasteiger charge is 2.17. The molecule has 0 saturated heterocycles. The Balaban J connectivity index is 1.61. The van der Waals surface area contributed by atoms with Crippen LogP contribution in [-0.4, -0.2) is 15.9 Å². The number of carbonyl (C=O) groups excluding carboxylic acids is 1. The fourth-order valence-electron chi connectivity index (χ4n) is 2.90. The second kappa shape index (κ2) is 7.55. The highest BCUT2D eigenvalue weighted by atomic mass is 16.5. The van der Waals surface area contributed by atoms with Gasteiger partial charge in [0.1, 0.15) is 11.3 Å². The summed E-state index contributed by atoms with van der Waals surface area (Å²) >= 11 is 0. The number of hydrogen-bond donors (Lipinski definition) is 1. The number of aromatic nitrogens is 2. The van der Waals surface area contributed by atoms with E-state index in [9.17, 15) is 9.59 Å². The van der Waals surface area contributed by atoms with Crippen molar-refractivity contribution in [1.29, 1.82) is 0 Å². The van der Waals surface area contributed by atoms with Gasteiger partial charge in [-0.3, -0.25) is 9.59 Å². The summed E-state index contributed by atoms with van der Waals surface area (Å²) in [5.41, 5.74) is 1.56. The molecule has 0 unspecified atom stereocenters. The van der Waals surface area contributed by atoms with Crippen LogP contribution in [-0.2, 0) is 0 Å². The van der Waals surface area contributed by atoms with E-state index in [1.807, 2.05) is 18.2 Å². The van der Waals surface area contributed by atoms with E-state index in [1.165, 1.54) is 6.07 Å². The van der Waals surface area contributed by atoms with Gasteiger partial charge in [0.05, 0.1) is 22.5 Å². The van der Waals surface area contributed by atoms with E-state index in [0.717, 1.165) is 0 Å². The number of nitrogens with zero attached hydrogens (tertiary/aromatic N) is 2. The molecule has 29 heavy (non-hydrogen) atoms. The van der Waals surface area contributed by atoms with Crippen molar-refractivity contribution in [3.05, 3.63) is 88.0 Å². The Bertz CT molecular complexity index is 1240. The van der Waals surface area contributed by atoms with Gasteiger partial charge in [-0.05, 0) is 38.1 Å². The molecule has 2 aromatic heterocycles. The number of ether oxygens (including phenoxy) is 1. The monoisotopic (exact) mass is 387 g/mol. The fourth-order valence-corrected chi connectivity index (χ4v) is 2.90. The molecule has 0 fully saturated rings. The van der Waals surface area contributed by atoms with E-state index in [4.69, 9.17) is 9.15 Å². The molecular weight excluding hydrogens is 370 g/mol. The number of fused-ring (bicyclic) bond motifs is 1. The van der Waals surface area contributed by atoms with Gasteiger partial charge < -0.3 is 14.5 Å². The average molecular weight is 387 g/mol. The second-order valence-corrected chi connectivity index (χ2v) is 6.39. The lowest BCUT2D eigenvalue weighted by Gasteiger charge is -2.12. The fraction of sp³-hybridized carbons (Fsp3) is 0.0909. The van der Waals surface area contributed by atoms with Crippen molar-refractivity contribution in [3.63, 3.8) is 0 Å². The van der Waals surface area contributed by atoms with Gasteiger partial charge in [0, 0.05) is 6.07 Å². The summed E-state index contributed by atoms with van der Waals surface area (Å²) in [6.45, 7) is 3.47.